The molecule has 3 aromatic carbocycles. The first-order valence-electron chi connectivity index (χ1n) is 10.6. The van der Waals surface area contributed by atoms with Crippen molar-refractivity contribution in [1.29, 1.82) is 0 Å². The molecular weight excluding hydrogens is 484 g/mol. The molecule has 176 valence electrons. The molecule has 0 spiro atoms. The fourth-order valence-electron chi connectivity index (χ4n) is 3.69. The number of benzene rings is 3. The van der Waals surface area contributed by atoms with Gasteiger partial charge < -0.3 is 9.15 Å². The van der Waals surface area contributed by atoms with Crippen LogP contribution in [0, 0.1) is 22.5 Å². The predicted molar refractivity (Wildman–Crippen MR) is 137 cm³/mol. The maximum atomic E-state index is 13.4. The minimum atomic E-state index is -0.585. The van der Waals surface area contributed by atoms with Gasteiger partial charge in [-0.15, -0.1) is 6.42 Å². The van der Waals surface area contributed by atoms with Gasteiger partial charge in [-0.3, -0.25) is 14.9 Å². The fraction of sp³-hybridized carbons (Fsp3) is 0.0385. The van der Waals surface area contributed by atoms with Gasteiger partial charge in [-0.1, -0.05) is 35.7 Å². The van der Waals surface area contributed by atoms with Crippen LogP contribution in [-0.2, 0) is 0 Å². The third-order valence-electron chi connectivity index (χ3n) is 5.29. The molecule has 0 aliphatic rings. The van der Waals surface area contributed by atoms with Crippen molar-refractivity contribution in [3.8, 4) is 29.7 Å². The van der Waals surface area contributed by atoms with Gasteiger partial charge in [-0.2, -0.15) is 9.78 Å². The SMILES string of the molecule is C#CCOc1c(C=Nn2c(-c3cc4cc(Cl)ccc4o3)nc3ccccc3c2=O)cccc1[N+](=O)[O-]. The molecule has 0 aliphatic carbocycles. The molecule has 5 aromatic rings. The third-order valence-corrected chi connectivity index (χ3v) is 5.52. The molecule has 2 heterocycles. The smallest absolute Gasteiger partial charge is 0.311 e. The summed E-state index contributed by atoms with van der Waals surface area (Å²) in [4.78, 5) is 29.0. The zero-order valence-corrected chi connectivity index (χ0v) is 19.2. The molecule has 10 heteroatoms. The topological polar surface area (TPSA) is 113 Å². The van der Waals surface area contributed by atoms with Gasteiger partial charge in [0.2, 0.25) is 11.6 Å². The summed E-state index contributed by atoms with van der Waals surface area (Å²) in [6.07, 6.45) is 6.54. The van der Waals surface area contributed by atoms with Crippen LogP contribution in [0.1, 0.15) is 5.56 Å². The fourth-order valence-corrected chi connectivity index (χ4v) is 3.87. The van der Waals surface area contributed by atoms with E-state index in [4.69, 9.17) is 27.2 Å². The van der Waals surface area contributed by atoms with Crippen LogP contribution >= 0.6 is 11.6 Å². The molecule has 0 saturated carbocycles. The van der Waals surface area contributed by atoms with E-state index in [0.29, 0.717) is 21.5 Å². The number of para-hydroxylation sites is 2. The number of nitro benzene ring substituents is 1. The second kappa shape index (κ2) is 9.37. The Labute approximate surface area is 208 Å². The second-order valence-corrected chi connectivity index (χ2v) is 7.99. The Balaban J connectivity index is 1.71. The summed E-state index contributed by atoms with van der Waals surface area (Å²) in [6, 6.07) is 18.0. The number of hydrogen-bond donors (Lipinski definition) is 0. The highest BCUT2D eigenvalue weighted by Gasteiger charge is 2.20. The number of nitrogens with zero attached hydrogens (tertiary/aromatic N) is 4. The van der Waals surface area contributed by atoms with Gasteiger partial charge in [0, 0.05) is 22.0 Å². The zero-order valence-electron chi connectivity index (χ0n) is 18.4. The number of fused-ring (bicyclic) bond motifs is 2. The molecule has 36 heavy (non-hydrogen) atoms. The van der Waals surface area contributed by atoms with Gasteiger partial charge in [-0.05, 0) is 42.5 Å². The van der Waals surface area contributed by atoms with Gasteiger partial charge in [0.25, 0.3) is 5.56 Å². The molecule has 0 bridgehead atoms. The number of terminal acetylenes is 1. The number of rotatable bonds is 6. The van der Waals surface area contributed by atoms with Gasteiger partial charge >= 0.3 is 5.69 Å². The Bertz CT molecular complexity index is 1780. The Morgan fingerprint density at radius 3 is 2.83 bits per heavy atom. The van der Waals surface area contributed by atoms with Gasteiger partial charge in [-0.25, -0.2) is 4.98 Å². The molecule has 0 atom stereocenters. The molecule has 0 N–H and O–H groups in total. The maximum Gasteiger partial charge on any atom is 0.311 e. The van der Waals surface area contributed by atoms with E-state index in [-0.39, 0.29) is 35.2 Å². The van der Waals surface area contributed by atoms with Gasteiger partial charge in [0.15, 0.2) is 5.76 Å². The first-order valence-corrected chi connectivity index (χ1v) is 10.9. The summed E-state index contributed by atoms with van der Waals surface area (Å²) in [5.41, 5.74) is 0.517. The van der Waals surface area contributed by atoms with Crippen molar-refractivity contribution in [2.24, 2.45) is 5.10 Å². The van der Waals surface area contributed by atoms with E-state index >= 15 is 0 Å². The average Bonchev–Trinajstić information content (AvgIpc) is 3.30. The average molecular weight is 499 g/mol. The first kappa shape index (κ1) is 22.8. The number of halogens is 1. The van der Waals surface area contributed by atoms with Crippen LogP contribution in [0.5, 0.6) is 5.75 Å². The van der Waals surface area contributed by atoms with Crippen LogP contribution in [0.2, 0.25) is 5.02 Å². The van der Waals surface area contributed by atoms with E-state index in [1.54, 1.807) is 54.6 Å². The van der Waals surface area contributed by atoms with Crippen molar-refractivity contribution < 1.29 is 14.1 Å². The van der Waals surface area contributed by atoms with Crippen molar-refractivity contribution in [1.82, 2.24) is 9.66 Å². The molecule has 0 fully saturated rings. The van der Waals surface area contributed by atoms with Crippen molar-refractivity contribution in [3.05, 3.63) is 97.8 Å². The molecule has 0 amide bonds. The minimum Gasteiger partial charge on any atom is -0.473 e. The van der Waals surface area contributed by atoms with E-state index in [1.807, 2.05) is 0 Å². The summed E-state index contributed by atoms with van der Waals surface area (Å²) in [5.74, 6) is 2.64. The molecule has 9 nitrogen and oxygen atoms in total. The summed E-state index contributed by atoms with van der Waals surface area (Å²) >= 11 is 6.10. The zero-order chi connectivity index (χ0) is 25.2. The van der Waals surface area contributed by atoms with Crippen LogP contribution in [0.3, 0.4) is 0 Å². The van der Waals surface area contributed by atoms with Crippen LogP contribution in [-0.4, -0.2) is 27.4 Å². The van der Waals surface area contributed by atoms with E-state index in [1.165, 1.54) is 18.3 Å². The maximum absolute atomic E-state index is 13.4. The highest BCUT2D eigenvalue weighted by molar-refractivity contribution is 6.31. The minimum absolute atomic E-state index is 0.0640. The summed E-state index contributed by atoms with van der Waals surface area (Å²) in [6.45, 7) is -0.185. The lowest BCUT2D eigenvalue weighted by atomic mass is 10.2. The largest absolute Gasteiger partial charge is 0.473 e. The molecule has 0 saturated heterocycles. The van der Waals surface area contributed by atoms with E-state index in [9.17, 15) is 14.9 Å². The van der Waals surface area contributed by atoms with Gasteiger partial charge in [0.1, 0.15) is 12.2 Å². The predicted octanol–water partition coefficient (Wildman–Crippen LogP) is 5.27. The monoisotopic (exact) mass is 498 g/mol. The lowest BCUT2D eigenvalue weighted by molar-refractivity contribution is -0.385. The van der Waals surface area contributed by atoms with Crippen molar-refractivity contribution in [3.63, 3.8) is 0 Å². The van der Waals surface area contributed by atoms with Crippen LogP contribution < -0.4 is 10.3 Å². The molecule has 5 rings (SSSR count). The van der Waals surface area contributed by atoms with E-state index in [0.717, 1.165) is 10.1 Å². The Hall–Kier alpha value is -4.94. The Morgan fingerprint density at radius 2 is 2.03 bits per heavy atom. The number of hydrogen-bond acceptors (Lipinski definition) is 7. The molecule has 0 unspecified atom stereocenters. The summed E-state index contributed by atoms with van der Waals surface area (Å²) < 4.78 is 12.4. The third kappa shape index (κ3) is 4.17. The number of aromatic nitrogens is 2. The van der Waals surface area contributed by atoms with Gasteiger partial charge in [0.05, 0.1) is 22.0 Å². The number of nitro groups is 1. The van der Waals surface area contributed by atoms with Crippen LogP contribution in [0.4, 0.5) is 5.69 Å². The number of furan rings is 1. The standard InChI is InChI=1S/C26H15ClN4O5/c1-2-12-35-24-16(6-5-9-21(24)31(33)34)15-28-30-25(29-20-8-4-3-7-19(20)26(30)32)23-14-17-13-18(27)10-11-22(17)36-23/h1,3-11,13-15H,12H2. The molecule has 2 aromatic heterocycles. The first-order chi connectivity index (χ1) is 17.5. The van der Waals surface area contributed by atoms with Crippen LogP contribution in [0.15, 0.2) is 81.0 Å². The molecular formula is C26H15ClN4O5. The van der Waals surface area contributed by atoms with Crippen molar-refractivity contribution in [2.45, 2.75) is 0 Å². The highest BCUT2D eigenvalue weighted by atomic mass is 35.5. The summed E-state index contributed by atoms with van der Waals surface area (Å²) in [5, 5.41) is 17.4. The van der Waals surface area contributed by atoms with Crippen LogP contribution in [0.25, 0.3) is 33.5 Å². The van der Waals surface area contributed by atoms with Crippen molar-refractivity contribution in [2.75, 3.05) is 6.61 Å². The van der Waals surface area contributed by atoms with E-state index < -0.39 is 10.5 Å². The molecule has 0 aliphatic heterocycles. The highest BCUT2D eigenvalue weighted by Crippen LogP contribution is 2.31. The second-order valence-electron chi connectivity index (χ2n) is 7.55. The number of ether oxygens (including phenoxy) is 1. The van der Waals surface area contributed by atoms with Crippen molar-refractivity contribution >= 4 is 45.4 Å². The lowest BCUT2D eigenvalue weighted by Gasteiger charge is -2.09. The normalized spacial score (nSPS) is 11.2. The summed E-state index contributed by atoms with van der Waals surface area (Å²) in [7, 11) is 0. The Kier molecular flexibility index (Phi) is 5.94. The lowest BCUT2D eigenvalue weighted by Crippen LogP contribution is -2.20. The molecule has 0 radical (unpaired) electrons. The Morgan fingerprint density at radius 1 is 1.19 bits per heavy atom. The van der Waals surface area contributed by atoms with E-state index in [2.05, 4.69) is 16.0 Å². The quantitative estimate of drug-likeness (QED) is 0.136.